The van der Waals surface area contributed by atoms with Gasteiger partial charge in [-0.15, -0.1) is 0 Å². The first-order valence-corrected chi connectivity index (χ1v) is 5.08. The molecule has 1 heterocycles. The summed E-state index contributed by atoms with van der Waals surface area (Å²) in [7, 11) is 0. The normalized spacial score (nSPS) is 33.3. The molecule has 3 unspecified atom stereocenters. The molecule has 1 fully saturated rings. The van der Waals surface area contributed by atoms with Crippen molar-refractivity contribution in [2.75, 3.05) is 6.54 Å². The molecule has 1 aliphatic rings. The van der Waals surface area contributed by atoms with Crippen molar-refractivity contribution < 1.29 is 9.53 Å². The van der Waals surface area contributed by atoms with Crippen molar-refractivity contribution >= 4 is 5.91 Å². The van der Waals surface area contributed by atoms with Crippen LogP contribution < -0.4 is 5.32 Å². The molecule has 0 aromatic carbocycles. The first-order chi connectivity index (χ1) is 6.15. The fourth-order valence-electron chi connectivity index (χ4n) is 1.76. The van der Waals surface area contributed by atoms with Gasteiger partial charge in [0.05, 0.1) is 6.10 Å². The van der Waals surface area contributed by atoms with Crippen molar-refractivity contribution in [3.8, 4) is 0 Å². The zero-order chi connectivity index (χ0) is 9.84. The van der Waals surface area contributed by atoms with Crippen molar-refractivity contribution in [3.05, 3.63) is 0 Å². The molecule has 0 saturated carbocycles. The highest BCUT2D eigenvalue weighted by atomic mass is 16.5. The van der Waals surface area contributed by atoms with E-state index >= 15 is 0 Å². The quantitative estimate of drug-likeness (QED) is 0.720. The molecule has 3 atom stereocenters. The zero-order valence-electron chi connectivity index (χ0n) is 8.67. The first kappa shape index (κ1) is 10.5. The van der Waals surface area contributed by atoms with Gasteiger partial charge in [-0.1, -0.05) is 13.8 Å². The van der Waals surface area contributed by atoms with Gasteiger partial charge in [0.25, 0.3) is 0 Å². The number of hydrogen-bond acceptors (Lipinski definition) is 2. The molecule has 0 aromatic heterocycles. The molecule has 1 amide bonds. The van der Waals surface area contributed by atoms with Crippen LogP contribution >= 0.6 is 0 Å². The summed E-state index contributed by atoms with van der Waals surface area (Å²) in [6.07, 6.45) is 1.97. The third-order valence-electron chi connectivity index (χ3n) is 2.41. The SMILES string of the molecule is CCCNC(=O)C1OC(C)CC1C. The maximum Gasteiger partial charge on any atom is 0.249 e. The third-order valence-corrected chi connectivity index (χ3v) is 2.41. The fourth-order valence-corrected chi connectivity index (χ4v) is 1.76. The first-order valence-electron chi connectivity index (χ1n) is 5.08. The van der Waals surface area contributed by atoms with Gasteiger partial charge in [0.2, 0.25) is 5.91 Å². The van der Waals surface area contributed by atoms with Crippen LogP contribution in [0.4, 0.5) is 0 Å². The number of carbonyl (C=O) groups excluding carboxylic acids is 1. The van der Waals surface area contributed by atoms with E-state index in [-0.39, 0.29) is 18.1 Å². The van der Waals surface area contributed by atoms with E-state index in [0.29, 0.717) is 5.92 Å². The number of ether oxygens (including phenoxy) is 1. The molecule has 0 spiro atoms. The molecule has 0 aromatic rings. The Balaban J connectivity index is 2.38. The minimum Gasteiger partial charge on any atom is -0.365 e. The van der Waals surface area contributed by atoms with Gasteiger partial charge < -0.3 is 10.1 Å². The summed E-state index contributed by atoms with van der Waals surface area (Å²) in [5.41, 5.74) is 0. The van der Waals surface area contributed by atoms with Gasteiger partial charge >= 0.3 is 0 Å². The summed E-state index contributed by atoms with van der Waals surface area (Å²) in [5, 5.41) is 2.86. The summed E-state index contributed by atoms with van der Waals surface area (Å²) in [5.74, 6) is 0.408. The summed E-state index contributed by atoms with van der Waals surface area (Å²) in [4.78, 5) is 11.5. The summed E-state index contributed by atoms with van der Waals surface area (Å²) >= 11 is 0. The fraction of sp³-hybridized carbons (Fsp3) is 0.900. The van der Waals surface area contributed by atoms with Gasteiger partial charge in [-0.2, -0.15) is 0 Å². The monoisotopic (exact) mass is 185 g/mol. The molecular formula is C10H19NO2. The zero-order valence-corrected chi connectivity index (χ0v) is 8.67. The molecule has 0 radical (unpaired) electrons. The van der Waals surface area contributed by atoms with Crippen molar-refractivity contribution in [2.45, 2.75) is 45.8 Å². The topological polar surface area (TPSA) is 38.3 Å². The number of carbonyl (C=O) groups is 1. The number of amides is 1. The Bertz CT molecular complexity index is 182. The number of nitrogens with one attached hydrogen (secondary N) is 1. The smallest absolute Gasteiger partial charge is 0.249 e. The van der Waals surface area contributed by atoms with E-state index in [0.717, 1.165) is 19.4 Å². The lowest BCUT2D eigenvalue weighted by molar-refractivity contribution is -0.133. The third kappa shape index (κ3) is 2.69. The van der Waals surface area contributed by atoms with E-state index in [1.54, 1.807) is 0 Å². The lowest BCUT2D eigenvalue weighted by atomic mass is 10.0. The summed E-state index contributed by atoms with van der Waals surface area (Å²) in [6.45, 7) is 6.88. The van der Waals surface area contributed by atoms with E-state index < -0.39 is 0 Å². The van der Waals surface area contributed by atoms with Gasteiger partial charge in [-0.3, -0.25) is 4.79 Å². The van der Waals surface area contributed by atoms with Crippen LogP contribution in [0.5, 0.6) is 0 Å². The van der Waals surface area contributed by atoms with Crippen molar-refractivity contribution in [1.82, 2.24) is 5.32 Å². The minimum atomic E-state index is -0.221. The second kappa shape index (κ2) is 4.61. The van der Waals surface area contributed by atoms with Crippen LogP contribution in [-0.4, -0.2) is 24.7 Å². The van der Waals surface area contributed by atoms with E-state index in [2.05, 4.69) is 12.2 Å². The van der Waals surface area contributed by atoms with Crippen LogP contribution in [0, 0.1) is 5.92 Å². The maximum absolute atomic E-state index is 11.5. The molecule has 0 bridgehead atoms. The van der Waals surface area contributed by atoms with Crippen molar-refractivity contribution in [3.63, 3.8) is 0 Å². The summed E-state index contributed by atoms with van der Waals surface area (Å²) in [6, 6.07) is 0. The predicted molar refractivity (Wildman–Crippen MR) is 51.4 cm³/mol. The van der Waals surface area contributed by atoms with Gasteiger partial charge in [0.15, 0.2) is 0 Å². The van der Waals surface area contributed by atoms with Crippen molar-refractivity contribution in [1.29, 1.82) is 0 Å². The highest BCUT2D eigenvalue weighted by Gasteiger charge is 2.34. The minimum absolute atomic E-state index is 0.0544. The number of hydrogen-bond donors (Lipinski definition) is 1. The van der Waals surface area contributed by atoms with Gasteiger partial charge in [0, 0.05) is 6.54 Å². The molecular weight excluding hydrogens is 166 g/mol. The Labute approximate surface area is 79.8 Å². The Hall–Kier alpha value is -0.570. The Morgan fingerprint density at radius 2 is 2.23 bits per heavy atom. The van der Waals surface area contributed by atoms with Gasteiger partial charge in [-0.25, -0.2) is 0 Å². The van der Waals surface area contributed by atoms with Crippen LogP contribution in [-0.2, 0) is 9.53 Å². The molecule has 0 aliphatic carbocycles. The largest absolute Gasteiger partial charge is 0.365 e. The average Bonchev–Trinajstić information content (AvgIpc) is 2.41. The average molecular weight is 185 g/mol. The molecule has 3 heteroatoms. The second-order valence-corrected chi connectivity index (χ2v) is 3.87. The lowest BCUT2D eigenvalue weighted by Crippen LogP contribution is -2.37. The van der Waals surface area contributed by atoms with Crippen LogP contribution in [0.15, 0.2) is 0 Å². The van der Waals surface area contributed by atoms with Gasteiger partial charge in [0.1, 0.15) is 6.10 Å². The number of rotatable bonds is 3. The van der Waals surface area contributed by atoms with E-state index in [4.69, 9.17) is 4.74 Å². The highest BCUT2D eigenvalue weighted by Crippen LogP contribution is 2.25. The maximum atomic E-state index is 11.5. The molecule has 3 nitrogen and oxygen atoms in total. The van der Waals surface area contributed by atoms with E-state index in [1.807, 2.05) is 13.8 Å². The van der Waals surface area contributed by atoms with Gasteiger partial charge in [-0.05, 0) is 25.7 Å². The van der Waals surface area contributed by atoms with Crippen LogP contribution in [0.25, 0.3) is 0 Å². The standard InChI is InChI=1S/C10H19NO2/c1-4-5-11-10(12)9-7(2)6-8(3)13-9/h7-9H,4-6H2,1-3H3,(H,11,12). The lowest BCUT2D eigenvalue weighted by Gasteiger charge is -2.14. The highest BCUT2D eigenvalue weighted by molar-refractivity contribution is 5.81. The Morgan fingerprint density at radius 3 is 2.69 bits per heavy atom. The second-order valence-electron chi connectivity index (χ2n) is 3.87. The van der Waals surface area contributed by atoms with Crippen LogP contribution in [0.2, 0.25) is 0 Å². The molecule has 1 aliphatic heterocycles. The van der Waals surface area contributed by atoms with Crippen molar-refractivity contribution in [2.24, 2.45) is 5.92 Å². The van der Waals surface area contributed by atoms with Crippen LogP contribution in [0.3, 0.4) is 0 Å². The molecule has 1 rings (SSSR count). The van der Waals surface area contributed by atoms with Crippen LogP contribution in [0.1, 0.15) is 33.6 Å². The Kier molecular flexibility index (Phi) is 3.72. The molecule has 13 heavy (non-hydrogen) atoms. The van der Waals surface area contributed by atoms with E-state index in [9.17, 15) is 4.79 Å². The molecule has 1 saturated heterocycles. The summed E-state index contributed by atoms with van der Waals surface area (Å²) < 4.78 is 5.52. The van der Waals surface area contributed by atoms with E-state index in [1.165, 1.54) is 0 Å². The predicted octanol–water partition coefficient (Wildman–Crippen LogP) is 1.33. The molecule has 76 valence electrons. The Morgan fingerprint density at radius 1 is 1.54 bits per heavy atom. The molecule has 1 N–H and O–H groups in total.